The summed E-state index contributed by atoms with van der Waals surface area (Å²) in [6, 6.07) is 5.43. The third kappa shape index (κ3) is 5.09. The quantitative estimate of drug-likeness (QED) is 0.763. The van der Waals surface area contributed by atoms with Crippen molar-refractivity contribution in [2.75, 3.05) is 6.61 Å². The van der Waals surface area contributed by atoms with E-state index >= 15 is 0 Å². The maximum Gasteiger partial charge on any atom is 0.344 e. The van der Waals surface area contributed by atoms with Gasteiger partial charge in [-0.2, -0.15) is 0 Å². The Morgan fingerprint density at radius 2 is 2.10 bits per heavy atom. The van der Waals surface area contributed by atoms with Crippen molar-refractivity contribution < 1.29 is 19.4 Å². The lowest BCUT2D eigenvalue weighted by Gasteiger charge is -2.17. The minimum Gasteiger partial charge on any atom is -0.493 e. The van der Waals surface area contributed by atoms with Gasteiger partial charge in [0.25, 0.3) is 0 Å². The second-order valence-electron chi connectivity index (χ2n) is 4.90. The van der Waals surface area contributed by atoms with E-state index in [1.54, 1.807) is 6.07 Å². The maximum absolute atomic E-state index is 10.9. The van der Waals surface area contributed by atoms with E-state index in [4.69, 9.17) is 20.3 Å². The first-order chi connectivity index (χ1) is 9.43. The van der Waals surface area contributed by atoms with Crippen molar-refractivity contribution >= 4 is 5.97 Å². The minimum absolute atomic E-state index is 0.0279. The average Bonchev–Trinajstić information content (AvgIpc) is 2.38. The fourth-order valence-electron chi connectivity index (χ4n) is 1.71. The molecule has 0 saturated heterocycles. The number of carbonyl (C=O) groups is 1. The molecule has 112 valence electrons. The predicted octanol–water partition coefficient (Wildman–Crippen LogP) is 2.22. The van der Waals surface area contributed by atoms with E-state index in [-0.39, 0.29) is 6.04 Å². The molecule has 2 atom stereocenters. The number of carboxylic acids is 1. The summed E-state index contributed by atoms with van der Waals surface area (Å²) in [4.78, 5) is 10.9. The van der Waals surface area contributed by atoms with Crippen LogP contribution in [0.15, 0.2) is 18.2 Å². The first-order valence-electron chi connectivity index (χ1n) is 6.84. The number of hydrogen-bond donors (Lipinski definition) is 2. The molecule has 2 unspecified atom stereocenters. The van der Waals surface area contributed by atoms with Crippen LogP contribution in [0.2, 0.25) is 0 Å². The molecule has 1 aromatic rings. The van der Waals surface area contributed by atoms with Crippen molar-refractivity contribution in [3.05, 3.63) is 23.8 Å². The van der Waals surface area contributed by atoms with Crippen LogP contribution in [0.25, 0.3) is 0 Å². The zero-order valence-corrected chi connectivity index (χ0v) is 12.3. The van der Waals surface area contributed by atoms with E-state index in [2.05, 4.69) is 0 Å². The number of ether oxygens (including phenoxy) is 2. The molecular weight excluding hydrogens is 258 g/mol. The number of carboxylic acid groups (broad SMARTS) is 1. The zero-order chi connectivity index (χ0) is 15.1. The number of hydrogen-bond acceptors (Lipinski definition) is 4. The van der Waals surface area contributed by atoms with Crippen LogP contribution in [0.4, 0.5) is 0 Å². The highest BCUT2D eigenvalue weighted by molar-refractivity contribution is 5.72. The molecule has 5 heteroatoms. The van der Waals surface area contributed by atoms with Gasteiger partial charge in [-0.15, -0.1) is 0 Å². The standard InChI is InChI=1S/C15H23NO4/c1-4-7-19-13-6-5-12(8-10(2)16)14(9-13)20-11(3)15(17)18/h5-6,9-11H,4,7-8,16H2,1-3H3,(H,17,18). The molecule has 1 rings (SSSR count). The Labute approximate surface area is 119 Å². The molecule has 0 aliphatic rings. The average molecular weight is 281 g/mol. The van der Waals surface area contributed by atoms with Crippen LogP contribution in [0.5, 0.6) is 11.5 Å². The third-order valence-corrected chi connectivity index (χ3v) is 2.70. The zero-order valence-electron chi connectivity index (χ0n) is 12.3. The van der Waals surface area contributed by atoms with Gasteiger partial charge in [-0.1, -0.05) is 13.0 Å². The maximum atomic E-state index is 10.9. The van der Waals surface area contributed by atoms with E-state index in [0.29, 0.717) is 24.5 Å². The first-order valence-corrected chi connectivity index (χ1v) is 6.84. The summed E-state index contributed by atoms with van der Waals surface area (Å²) in [5.41, 5.74) is 6.69. The van der Waals surface area contributed by atoms with Crippen LogP contribution in [0.1, 0.15) is 32.8 Å². The van der Waals surface area contributed by atoms with Crippen LogP contribution in [-0.4, -0.2) is 29.8 Å². The number of nitrogens with two attached hydrogens (primary N) is 1. The molecular formula is C15H23NO4. The highest BCUT2D eigenvalue weighted by atomic mass is 16.5. The molecule has 1 aromatic carbocycles. The van der Waals surface area contributed by atoms with Crippen molar-refractivity contribution in [1.29, 1.82) is 0 Å². The summed E-state index contributed by atoms with van der Waals surface area (Å²) >= 11 is 0. The number of aliphatic carboxylic acids is 1. The molecule has 0 heterocycles. The fourth-order valence-corrected chi connectivity index (χ4v) is 1.71. The van der Waals surface area contributed by atoms with Gasteiger partial charge in [0, 0.05) is 12.1 Å². The Balaban J connectivity index is 2.95. The summed E-state index contributed by atoms with van der Waals surface area (Å²) in [6.07, 6.45) is 0.613. The van der Waals surface area contributed by atoms with Gasteiger partial charge in [-0.25, -0.2) is 4.79 Å². The van der Waals surface area contributed by atoms with Crippen LogP contribution in [0, 0.1) is 0 Å². The largest absolute Gasteiger partial charge is 0.493 e. The lowest BCUT2D eigenvalue weighted by Crippen LogP contribution is -2.24. The van der Waals surface area contributed by atoms with Crippen molar-refractivity contribution in [1.82, 2.24) is 0 Å². The molecule has 0 saturated carbocycles. The topological polar surface area (TPSA) is 81.8 Å². The lowest BCUT2D eigenvalue weighted by atomic mass is 10.1. The second kappa shape index (κ2) is 7.75. The van der Waals surface area contributed by atoms with Crippen LogP contribution in [-0.2, 0) is 11.2 Å². The summed E-state index contributed by atoms with van der Waals surface area (Å²) < 4.78 is 11.0. The molecule has 0 spiro atoms. The van der Waals surface area contributed by atoms with Crippen molar-refractivity contribution in [2.45, 2.75) is 45.8 Å². The van der Waals surface area contributed by atoms with Gasteiger partial charge in [0.05, 0.1) is 6.61 Å². The van der Waals surface area contributed by atoms with Gasteiger partial charge >= 0.3 is 5.97 Å². The first kappa shape index (κ1) is 16.3. The van der Waals surface area contributed by atoms with E-state index in [0.717, 1.165) is 12.0 Å². The third-order valence-electron chi connectivity index (χ3n) is 2.70. The summed E-state index contributed by atoms with van der Waals surface area (Å²) in [7, 11) is 0. The number of rotatable bonds is 8. The van der Waals surface area contributed by atoms with E-state index in [9.17, 15) is 4.79 Å². The fraction of sp³-hybridized carbons (Fsp3) is 0.533. The Morgan fingerprint density at radius 3 is 2.65 bits per heavy atom. The van der Waals surface area contributed by atoms with Gasteiger partial charge in [-0.3, -0.25) is 0 Å². The summed E-state index contributed by atoms with van der Waals surface area (Å²) in [5.74, 6) is 0.190. The molecule has 0 aromatic heterocycles. The summed E-state index contributed by atoms with van der Waals surface area (Å²) in [6.45, 7) is 6.03. The summed E-state index contributed by atoms with van der Waals surface area (Å²) in [5, 5.41) is 8.95. The van der Waals surface area contributed by atoms with Crippen LogP contribution in [0.3, 0.4) is 0 Å². The van der Waals surface area contributed by atoms with Crippen molar-refractivity contribution in [3.63, 3.8) is 0 Å². The van der Waals surface area contributed by atoms with E-state index in [1.165, 1.54) is 6.92 Å². The molecule has 3 N–H and O–H groups in total. The van der Waals surface area contributed by atoms with Gasteiger partial charge < -0.3 is 20.3 Å². The number of benzene rings is 1. The highest BCUT2D eigenvalue weighted by Gasteiger charge is 2.16. The van der Waals surface area contributed by atoms with E-state index in [1.807, 2.05) is 26.0 Å². The molecule has 0 fully saturated rings. The molecule has 0 bridgehead atoms. The smallest absolute Gasteiger partial charge is 0.344 e. The molecule has 0 amide bonds. The lowest BCUT2D eigenvalue weighted by molar-refractivity contribution is -0.144. The molecule has 0 radical (unpaired) electrons. The van der Waals surface area contributed by atoms with Crippen LogP contribution < -0.4 is 15.2 Å². The Kier molecular flexibility index (Phi) is 6.31. The molecule has 0 aliphatic carbocycles. The molecule has 20 heavy (non-hydrogen) atoms. The molecule has 5 nitrogen and oxygen atoms in total. The monoisotopic (exact) mass is 281 g/mol. The Bertz CT molecular complexity index is 445. The van der Waals surface area contributed by atoms with Crippen molar-refractivity contribution in [2.24, 2.45) is 5.73 Å². The highest BCUT2D eigenvalue weighted by Crippen LogP contribution is 2.27. The second-order valence-corrected chi connectivity index (χ2v) is 4.90. The Morgan fingerprint density at radius 1 is 1.40 bits per heavy atom. The van der Waals surface area contributed by atoms with Gasteiger partial charge in [0.2, 0.25) is 0 Å². The molecule has 0 aliphatic heterocycles. The van der Waals surface area contributed by atoms with Gasteiger partial charge in [0.1, 0.15) is 11.5 Å². The van der Waals surface area contributed by atoms with Crippen molar-refractivity contribution in [3.8, 4) is 11.5 Å². The SMILES string of the molecule is CCCOc1ccc(CC(C)N)c(OC(C)C(=O)O)c1. The minimum atomic E-state index is -1.00. The predicted molar refractivity (Wildman–Crippen MR) is 77.3 cm³/mol. The normalized spacial score (nSPS) is 13.6. The van der Waals surface area contributed by atoms with Crippen LogP contribution >= 0.6 is 0 Å². The van der Waals surface area contributed by atoms with Gasteiger partial charge in [0.15, 0.2) is 6.10 Å². The Hall–Kier alpha value is -1.75. The van der Waals surface area contributed by atoms with Gasteiger partial charge in [-0.05, 0) is 38.3 Å². The van der Waals surface area contributed by atoms with E-state index < -0.39 is 12.1 Å².